The van der Waals surface area contributed by atoms with Crippen LogP contribution < -0.4 is 32.3 Å². The monoisotopic (exact) mass is 863 g/mol. The van der Waals surface area contributed by atoms with Crippen molar-refractivity contribution in [2.75, 3.05) is 26.2 Å². The average molecular weight is 864 g/mol. The number of primary amides is 1. The van der Waals surface area contributed by atoms with Crippen molar-refractivity contribution < 1.29 is 57.7 Å². The molecule has 0 bridgehead atoms. The molecule has 5 atom stereocenters. The minimum absolute atomic E-state index is 0.00360. The molecule has 7 amide bonds. The second-order valence-electron chi connectivity index (χ2n) is 15.8. The van der Waals surface area contributed by atoms with Crippen molar-refractivity contribution in [3.05, 3.63) is 71.8 Å². The van der Waals surface area contributed by atoms with Crippen molar-refractivity contribution >= 4 is 53.3 Å². The molecular formula is C43H57N7O12. The summed E-state index contributed by atoms with van der Waals surface area (Å²) < 4.78 is 11.4. The molecule has 19 heteroatoms. The van der Waals surface area contributed by atoms with Crippen molar-refractivity contribution in [3.8, 4) is 0 Å². The number of nitrogens with one attached hydrogen (secondary N) is 5. The van der Waals surface area contributed by atoms with Crippen LogP contribution in [0.5, 0.6) is 0 Å². The molecule has 8 N–H and O–H groups in total. The lowest BCUT2D eigenvalue weighted by Gasteiger charge is -2.29. The van der Waals surface area contributed by atoms with Gasteiger partial charge in [0, 0.05) is 19.5 Å². The average Bonchev–Trinajstić information content (AvgIpc) is 3.97. The number of Topliss-reactive ketones (excluding diaryl/α,β-unsaturated/α-hetero) is 1. The molecule has 0 aromatic heterocycles. The first kappa shape index (κ1) is 48.3. The number of hydrogen-bond acceptors (Lipinski definition) is 11. The quantitative estimate of drug-likeness (QED) is 0.0442. The Labute approximate surface area is 359 Å². The predicted molar refractivity (Wildman–Crippen MR) is 221 cm³/mol. The molecule has 0 spiro atoms. The maximum absolute atomic E-state index is 14.4. The highest BCUT2D eigenvalue weighted by Gasteiger charge is 2.57. The number of ether oxygens (including phenoxy) is 2. The van der Waals surface area contributed by atoms with Gasteiger partial charge in [-0.3, -0.25) is 38.4 Å². The van der Waals surface area contributed by atoms with Crippen LogP contribution in [0.1, 0.15) is 82.9 Å². The number of amides is 7. The van der Waals surface area contributed by atoms with Gasteiger partial charge in [0.05, 0.1) is 31.9 Å². The Morgan fingerprint density at radius 2 is 1.53 bits per heavy atom. The number of ketones is 1. The number of nitrogens with zero attached hydrogens (tertiary/aromatic N) is 1. The van der Waals surface area contributed by atoms with E-state index in [1.165, 1.54) is 4.90 Å². The Bertz CT molecular complexity index is 1930. The molecule has 0 radical (unpaired) electrons. The number of likely N-dealkylation sites (tertiary alicyclic amines) is 1. The predicted octanol–water partition coefficient (Wildman–Crippen LogP) is 0.998. The number of aliphatic carboxylic acids is 1. The zero-order valence-electron chi connectivity index (χ0n) is 35.2. The lowest BCUT2D eigenvalue weighted by molar-refractivity contribution is -0.149. The van der Waals surface area contributed by atoms with E-state index in [9.17, 15) is 48.3 Å². The molecule has 2 aliphatic rings. The van der Waals surface area contributed by atoms with E-state index >= 15 is 0 Å². The molecule has 1 unspecified atom stereocenters. The van der Waals surface area contributed by atoms with E-state index in [-0.39, 0.29) is 70.7 Å². The number of carbonyl (C=O) groups is 9. The fourth-order valence-corrected chi connectivity index (χ4v) is 6.83. The van der Waals surface area contributed by atoms with Gasteiger partial charge < -0.3 is 51.8 Å². The lowest BCUT2D eigenvalue weighted by Crippen LogP contribution is -2.56. The van der Waals surface area contributed by atoms with E-state index in [2.05, 4.69) is 26.6 Å². The van der Waals surface area contributed by atoms with Gasteiger partial charge >= 0.3 is 12.1 Å². The van der Waals surface area contributed by atoms with Crippen molar-refractivity contribution in [1.82, 2.24) is 31.5 Å². The second-order valence-corrected chi connectivity index (χ2v) is 15.8. The summed E-state index contributed by atoms with van der Waals surface area (Å²) in [7, 11) is 0. The van der Waals surface area contributed by atoms with Gasteiger partial charge in [-0.2, -0.15) is 0 Å². The first-order chi connectivity index (χ1) is 29.6. The van der Waals surface area contributed by atoms with Gasteiger partial charge in [0.15, 0.2) is 0 Å². The minimum atomic E-state index is -1.47. The Kier molecular flexibility index (Phi) is 17.9. The number of hydrogen-bond donors (Lipinski definition) is 7. The fourth-order valence-electron chi connectivity index (χ4n) is 6.83. The molecule has 2 fully saturated rings. The molecule has 1 aliphatic carbocycles. The first-order valence-corrected chi connectivity index (χ1v) is 20.7. The van der Waals surface area contributed by atoms with Crippen LogP contribution in [0.25, 0.3) is 0 Å². The number of carboxylic acids is 1. The first-order valence-electron chi connectivity index (χ1n) is 20.7. The van der Waals surface area contributed by atoms with Crippen LogP contribution in [-0.4, -0.2) is 114 Å². The number of carbonyl (C=O) groups excluding carboxylic acids is 8. The molecule has 19 nitrogen and oxygen atoms in total. The van der Waals surface area contributed by atoms with E-state index in [4.69, 9.17) is 15.2 Å². The summed E-state index contributed by atoms with van der Waals surface area (Å²) >= 11 is 0. The maximum Gasteiger partial charge on any atom is 0.407 e. The van der Waals surface area contributed by atoms with Crippen molar-refractivity contribution in [3.63, 3.8) is 0 Å². The van der Waals surface area contributed by atoms with Gasteiger partial charge in [0.25, 0.3) is 5.91 Å². The minimum Gasteiger partial charge on any atom is -0.480 e. The van der Waals surface area contributed by atoms with E-state index in [0.29, 0.717) is 12.0 Å². The lowest BCUT2D eigenvalue weighted by atomic mass is 10.0. The van der Waals surface area contributed by atoms with Crippen molar-refractivity contribution in [2.45, 2.75) is 103 Å². The number of nitrogens with two attached hydrogens (primary N) is 1. The fraction of sp³-hybridized carbons (Fsp3) is 0.512. The van der Waals surface area contributed by atoms with Gasteiger partial charge in [-0.15, -0.1) is 0 Å². The summed E-state index contributed by atoms with van der Waals surface area (Å²) in [6.07, 6.45) is -0.664. The molecule has 1 aliphatic heterocycles. The van der Waals surface area contributed by atoms with E-state index < -0.39 is 95.5 Å². The van der Waals surface area contributed by atoms with Crippen LogP contribution in [0.15, 0.2) is 60.7 Å². The van der Waals surface area contributed by atoms with Gasteiger partial charge in [0.2, 0.25) is 35.3 Å². The molecule has 4 rings (SSSR count). The van der Waals surface area contributed by atoms with E-state index in [0.717, 1.165) is 5.56 Å². The van der Waals surface area contributed by atoms with Crippen LogP contribution in [0.3, 0.4) is 0 Å². The standard InChI is InChI=1S/C43H57N7O12/c1-4-12-30(35(52)38(55)46-22-33(51)49-34(36(44)53)28-15-9-6-10-16-28)47-37(54)32-21-29(61-25-27-13-7-5-8-14-27)23-50(32)39(56)31(48-42(60)62-24-26(2)3)17-11-20-45-40(57)43(18-19-43)41(58)59/h5-10,13-16,26,29-32,34H,4,11-12,17-25H2,1-3H3,(H2,44,53)(H,45,57)(H,46,55)(H,47,54)(H,48,60)(H,49,51)(H,58,59)/t29-,30?,31+,32+,34+/m1/s1. The van der Waals surface area contributed by atoms with Crippen LogP contribution in [0, 0.1) is 11.3 Å². The number of rotatable bonds is 24. The topological polar surface area (TPSA) is 282 Å². The van der Waals surface area contributed by atoms with Crippen LogP contribution >= 0.6 is 0 Å². The normalized spacial score (nSPS) is 17.7. The summed E-state index contributed by atoms with van der Waals surface area (Å²) in [6.45, 7) is 4.82. The molecule has 336 valence electrons. The van der Waals surface area contributed by atoms with E-state index in [1.54, 1.807) is 37.3 Å². The molecule has 2 aromatic rings. The second kappa shape index (κ2) is 23.0. The molecule has 1 saturated heterocycles. The third-order valence-electron chi connectivity index (χ3n) is 10.4. The highest BCUT2D eigenvalue weighted by atomic mass is 16.5. The molecule has 1 saturated carbocycles. The van der Waals surface area contributed by atoms with Gasteiger partial charge in [-0.25, -0.2) is 4.79 Å². The number of benzene rings is 2. The summed E-state index contributed by atoms with van der Waals surface area (Å²) in [5.74, 6) is -7.20. The molecule has 1 heterocycles. The van der Waals surface area contributed by atoms with Gasteiger partial charge in [0.1, 0.15) is 23.5 Å². The van der Waals surface area contributed by atoms with Crippen LogP contribution in [-0.2, 0) is 54.4 Å². The Morgan fingerprint density at radius 1 is 0.871 bits per heavy atom. The third kappa shape index (κ3) is 13.8. The number of alkyl carbamates (subject to hydrolysis) is 1. The highest BCUT2D eigenvalue weighted by molar-refractivity contribution is 6.38. The smallest absolute Gasteiger partial charge is 0.407 e. The molecular weight excluding hydrogens is 807 g/mol. The Balaban J connectivity index is 1.48. The zero-order valence-corrected chi connectivity index (χ0v) is 35.2. The number of carboxylic acid groups (broad SMARTS) is 1. The van der Waals surface area contributed by atoms with Crippen LogP contribution in [0.2, 0.25) is 0 Å². The summed E-state index contributed by atoms with van der Waals surface area (Å²) in [6, 6.07) is 12.3. The molecule has 2 aromatic carbocycles. The molecule has 62 heavy (non-hydrogen) atoms. The van der Waals surface area contributed by atoms with Crippen molar-refractivity contribution in [2.24, 2.45) is 17.1 Å². The third-order valence-corrected chi connectivity index (χ3v) is 10.4. The summed E-state index contributed by atoms with van der Waals surface area (Å²) in [5.41, 5.74) is 5.25. The maximum atomic E-state index is 14.4. The van der Waals surface area contributed by atoms with Gasteiger partial charge in [-0.05, 0) is 49.1 Å². The Morgan fingerprint density at radius 3 is 2.13 bits per heavy atom. The van der Waals surface area contributed by atoms with Crippen molar-refractivity contribution in [1.29, 1.82) is 0 Å². The zero-order chi connectivity index (χ0) is 45.4. The SMILES string of the molecule is CCCC(NC(=O)[C@@H]1C[C@@H](OCc2ccccc2)CN1C(=O)[C@H](CCCNC(=O)C1(C(=O)O)CC1)NC(=O)OCC(C)C)C(=O)C(=O)NCC(=O)N[C@H](C(N)=O)c1ccccc1. The summed E-state index contributed by atoms with van der Waals surface area (Å²) in [4.78, 5) is 118. The van der Waals surface area contributed by atoms with E-state index in [1.807, 2.05) is 44.2 Å². The Hall–Kier alpha value is -6.37. The highest BCUT2D eigenvalue weighted by Crippen LogP contribution is 2.46. The van der Waals surface area contributed by atoms with Gasteiger partial charge in [-0.1, -0.05) is 87.9 Å². The summed E-state index contributed by atoms with van der Waals surface area (Å²) in [5, 5.41) is 21.9. The largest absolute Gasteiger partial charge is 0.480 e. The van der Waals surface area contributed by atoms with Crippen LogP contribution in [0.4, 0.5) is 4.79 Å².